The number of hydrogen-bond acceptors (Lipinski definition) is 3. The Morgan fingerprint density at radius 1 is 1.78 bits per heavy atom. The van der Waals surface area contributed by atoms with Crippen LogP contribution in [0.5, 0.6) is 0 Å². The van der Waals surface area contributed by atoms with E-state index in [-0.39, 0.29) is 26.8 Å². The number of rotatable bonds is 0. The number of thiol groups is 1. The van der Waals surface area contributed by atoms with Gasteiger partial charge in [0.05, 0.1) is 0 Å². The van der Waals surface area contributed by atoms with Gasteiger partial charge in [-0.1, -0.05) is 12.6 Å². The molecule has 0 saturated heterocycles. The van der Waals surface area contributed by atoms with Gasteiger partial charge >= 0.3 is 22.4 Å². The number of thiocarbonyl (C=S) groups is 1. The largest absolute Gasteiger partial charge is 1.00 e. The zero-order chi connectivity index (χ0) is 7.15. The third-order valence-corrected chi connectivity index (χ3v) is 0. The van der Waals surface area contributed by atoms with Crippen LogP contribution in [0.4, 0.5) is 4.79 Å². The number of carbonyl (C=O) groups is 1. The van der Waals surface area contributed by atoms with E-state index in [4.69, 9.17) is 15.0 Å². The van der Waals surface area contributed by atoms with Crippen molar-refractivity contribution in [3.8, 4) is 0 Å². The first-order valence-electron chi connectivity index (χ1n) is 1.35. The molecule has 4 nitrogen and oxygen atoms in total. The fraction of sp³-hybridized carbons (Fsp3) is 0. The Kier molecular flexibility index (Phi) is 19.9. The topological polar surface area (TPSA) is 86.4 Å². The molecule has 0 saturated carbocycles. The number of hydrogen-bond donors (Lipinski definition) is 3. The van der Waals surface area contributed by atoms with Gasteiger partial charge in [0.15, 0.2) is 0 Å². The first kappa shape index (κ1) is 16.1. The van der Waals surface area contributed by atoms with Gasteiger partial charge in [0.25, 0.3) is 0 Å². The number of carbonyl (C=O) groups excluding carboxylic acids is 1. The van der Waals surface area contributed by atoms with Crippen LogP contribution in [0, 0.1) is 0 Å². The maximum atomic E-state index is 8.67. The molecule has 1 amide bonds. The molecule has 0 bridgehead atoms. The normalized spacial score (nSPS) is 5.44. The third-order valence-electron chi connectivity index (χ3n) is 0. The molecular formula is C2H4AgNO3S2. The quantitative estimate of drug-likeness (QED) is 0.298. The molecular weight excluding hydrogens is 258 g/mol. The minimum absolute atomic E-state index is 0. The Morgan fingerprint density at radius 2 is 1.78 bits per heavy atom. The first-order valence-corrected chi connectivity index (χ1v) is 2.20. The van der Waals surface area contributed by atoms with Gasteiger partial charge in [-0.15, -0.1) is 0 Å². The number of amides is 1. The van der Waals surface area contributed by atoms with E-state index in [1.807, 2.05) is 0 Å². The van der Waals surface area contributed by atoms with Gasteiger partial charge in [0, 0.05) is 0 Å². The molecule has 0 radical (unpaired) electrons. The smallest absolute Gasteiger partial charge is 0.530 e. The van der Waals surface area contributed by atoms with E-state index < -0.39 is 6.09 Å². The molecule has 58 valence electrons. The van der Waals surface area contributed by atoms with E-state index in [0.717, 1.165) is 0 Å². The van der Waals surface area contributed by atoms with E-state index >= 15 is 0 Å². The van der Waals surface area contributed by atoms with Gasteiger partial charge in [0.2, 0.25) is 4.38 Å². The van der Waals surface area contributed by atoms with Crippen molar-refractivity contribution in [1.82, 2.24) is 0 Å². The van der Waals surface area contributed by atoms with E-state index in [1.165, 1.54) is 0 Å². The van der Waals surface area contributed by atoms with E-state index in [2.05, 4.69) is 30.6 Å². The second kappa shape index (κ2) is 11.1. The molecule has 0 rings (SSSR count). The summed E-state index contributed by atoms with van der Waals surface area (Å²) in [5, 5.41) is 16.3. The van der Waals surface area contributed by atoms with Crippen molar-refractivity contribution in [2.45, 2.75) is 0 Å². The Labute approximate surface area is 78.3 Å². The Balaban J connectivity index is -0.0000000720. The summed E-state index contributed by atoms with van der Waals surface area (Å²) in [4.78, 5) is 8.67. The molecule has 0 aliphatic heterocycles. The van der Waals surface area contributed by atoms with Crippen molar-refractivity contribution < 1.29 is 37.4 Å². The summed E-state index contributed by atoms with van der Waals surface area (Å²) in [5.74, 6) is 0. The predicted molar refractivity (Wildman–Crippen MR) is 33.8 cm³/mol. The molecule has 9 heavy (non-hydrogen) atoms. The van der Waals surface area contributed by atoms with E-state index in [1.54, 1.807) is 0 Å². The van der Waals surface area contributed by atoms with Crippen molar-refractivity contribution in [3.05, 3.63) is 0 Å². The summed E-state index contributed by atoms with van der Waals surface area (Å²) < 4.78 is -0.306. The van der Waals surface area contributed by atoms with Gasteiger partial charge in [0.1, 0.15) is 6.09 Å². The van der Waals surface area contributed by atoms with Crippen molar-refractivity contribution in [3.63, 3.8) is 0 Å². The van der Waals surface area contributed by atoms with Gasteiger partial charge in [-0.25, -0.2) is 0 Å². The second-order valence-electron chi connectivity index (χ2n) is 0.602. The molecule has 0 fully saturated rings. The van der Waals surface area contributed by atoms with E-state index in [9.17, 15) is 0 Å². The number of nitrogens with two attached hydrogens (primary N) is 1. The van der Waals surface area contributed by atoms with Crippen LogP contribution in [0.15, 0.2) is 0 Å². The van der Waals surface area contributed by atoms with E-state index in [0.29, 0.717) is 0 Å². The monoisotopic (exact) mass is 261 g/mol. The molecule has 0 aromatic carbocycles. The van der Waals surface area contributed by atoms with Crippen LogP contribution in [-0.2, 0) is 22.4 Å². The van der Waals surface area contributed by atoms with Crippen molar-refractivity contribution in [2.75, 3.05) is 0 Å². The summed E-state index contributed by atoms with van der Waals surface area (Å²) in [6.45, 7) is 0. The van der Waals surface area contributed by atoms with Gasteiger partial charge < -0.3 is 20.7 Å². The van der Waals surface area contributed by atoms with Gasteiger partial charge in [-0.3, -0.25) is 0 Å². The zero-order valence-corrected chi connectivity index (χ0v) is 7.19. The molecule has 0 aliphatic carbocycles. The van der Waals surface area contributed by atoms with Gasteiger partial charge in [-0.05, 0) is 12.2 Å². The number of aliphatic hydroxyl groups is 1. The van der Waals surface area contributed by atoms with Crippen molar-refractivity contribution in [1.29, 1.82) is 0 Å². The first-order chi connectivity index (χ1) is 3.46. The number of aliphatic hydroxyl groups excluding tert-OH is 1. The fourth-order valence-corrected chi connectivity index (χ4v) is 0. The predicted octanol–water partition coefficient (Wildman–Crippen LogP) is -0.955. The van der Waals surface area contributed by atoms with Crippen molar-refractivity contribution >= 4 is 35.3 Å². The molecule has 0 heterocycles. The van der Waals surface area contributed by atoms with Crippen LogP contribution in [0.25, 0.3) is 0 Å². The molecule has 0 unspecified atom stereocenters. The minimum Gasteiger partial charge on any atom is -0.530 e. The maximum absolute atomic E-state index is 8.67. The molecule has 7 heteroatoms. The van der Waals surface area contributed by atoms with Crippen LogP contribution in [0.1, 0.15) is 0 Å². The summed E-state index contributed by atoms with van der Waals surface area (Å²) in [7, 11) is 0. The molecule has 0 aliphatic rings. The Bertz CT molecular complexity index is 77.8. The summed E-state index contributed by atoms with van der Waals surface area (Å²) in [6.07, 6.45) is -1.58. The number of carboxylic acid groups (broad SMARTS) is 1. The van der Waals surface area contributed by atoms with Crippen LogP contribution in [-0.4, -0.2) is 15.6 Å². The average Bonchev–Trinajstić information content (AvgIpc) is 1.25. The standard InChI is InChI=1S/CH3NO2.CH2OS2.Ag/c2*2-1(3)4;/h2H2,(H,3,4);(H2,2,3,4);/q;;+1/p-1. The van der Waals surface area contributed by atoms with Crippen LogP contribution >= 0.6 is 24.8 Å². The molecule has 0 atom stereocenters. The Morgan fingerprint density at radius 3 is 1.78 bits per heavy atom. The summed E-state index contributed by atoms with van der Waals surface area (Å²) in [5.41, 5.74) is 3.92. The van der Waals surface area contributed by atoms with Crippen LogP contribution in [0.3, 0.4) is 0 Å². The SMILES string of the molecule is NC(=O)[O-].OC(=S)S.[Ag+]. The van der Waals surface area contributed by atoms with Gasteiger partial charge in [-0.2, -0.15) is 0 Å². The molecule has 0 spiro atoms. The fourth-order valence-electron chi connectivity index (χ4n) is 0. The summed E-state index contributed by atoms with van der Waals surface area (Å²) in [6, 6.07) is 0. The van der Waals surface area contributed by atoms with Crippen LogP contribution in [0.2, 0.25) is 0 Å². The molecule has 0 aromatic rings. The second-order valence-corrected chi connectivity index (χ2v) is 1.71. The van der Waals surface area contributed by atoms with Crippen LogP contribution < -0.4 is 10.8 Å². The molecule has 0 aromatic heterocycles. The third kappa shape index (κ3) is 5150. The maximum Gasteiger partial charge on any atom is 1.00 e. The van der Waals surface area contributed by atoms with Crippen molar-refractivity contribution in [2.24, 2.45) is 5.73 Å². The number of primary amides is 1. The average molecular weight is 262 g/mol. The minimum atomic E-state index is -1.58. The molecule has 3 N–H and O–H groups in total. The zero-order valence-electron chi connectivity index (χ0n) is 4.00. The Hall–Kier alpha value is 0.250. The summed E-state index contributed by atoms with van der Waals surface area (Å²) >= 11 is 7.21.